The van der Waals surface area contributed by atoms with E-state index >= 15 is 0 Å². The Labute approximate surface area is 133 Å². The lowest BCUT2D eigenvalue weighted by Crippen LogP contribution is -2.49. The summed E-state index contributed by atoms with van der Waals surface area (Å²) in [5, 5.41) is -0.161. The number of likely N-dealkylation sites (tertiary alicyclic amines) is 1. The Morgan fingerprint density at radius 3 is 2.36 bits per heavy atom. The summed E-state index contributed by atoms with van der Waals surface area (Å²) in [4.78, 5) is 2.31. The minimum absolute atomic E-state index is 0.0201. The molecule has 0 radical (unpaired) electrons. The molecule has 0 amide bonds. The molecule has 1 atom stereocenters. The molecule has 3 aliphatic rings. The van der Waals surface area contributed by atoms with Gasteiger partial charge in [-0.3, -0.25) is 0 Å². The van der Waals surface area contributed by atoms with Crippen LogP contribution in [0.15, 0.2) is 0 Å². The number of nitrogens with one attached hydrogen (secondary N) is 1. The summed E-state index contributed by atoms with van der Waals surface area (Å²) in [5.74, 6) is 1.05. The molecule has 8 heteroatoms. The summed E-state index contributed by atoms with van der Waals surface area (Å²) in [6, 6.07) is 0.0201. The van der Waals surface area contributed by atoms with Gasteiger partial charge in [0.1, 0.15) is 9.84 Å². The molecule has 2 saturated heterocycles. The van der Waals surface area contributed by atoms with Gasteiger partial charge in [-0.05, 0) is 51.0 Å². The zero-order valence-corrected chi connectivity index (χ0v) is 14.5. The highest BCUT2D eigenvalue weighted by atomic mass is 32.2. The molecule has 1 saturated carbocycles. The molecule has 2 aliphatic heterocycles. The van der Waals surface area contributed by atoms with Gasteiger partial charge in [-0.25, -0.2) is 21.6 Å². The van der Waals surface area contributed by atoms with Crippen molar-refractivity contribution in [3.8, 4) is 0 Å². The Morgan fingerprint density at radius 1 is 1.05 bits per heavy atom. The number of nitrogens with zero attached hydrogens (tertiary/aromatic N) is 1. The second-order valence-electron chi connectivity index (χ2n) is 7.06. The summed E-state index contributed by atoms with van der Waals surface area (Å²) in [5.41, 5.74) is 0. The highest BCUT2D eigenvalue weighted by Crippen LogP contribution is 2.28. The van der Waals surface area contributed by atoms with Crippen molar-refractivity contribution in [3.05, 3.63) is 0 Å². The zero-order valence-electron chi connectivity index (χ0n) is 12.9. The van der Waals surface area contributed by atoms with Crippen molar-refractivity contribution in [1.82, 2.24) is 9.62 Å². The molecule has 1 aliphatic carbocycles. The Kier molecular flexibility index (Phi) is 4.83. The minimum Gasteiger partial charge on any atom is -0.301 e. The van der Waals surface area contributed by atoms with Gasteiger partial charge in [-0.1, -0.05) is 0 Å². The molecule has 0 aromatic rings. The fourth-order valence-electron chi connectivity index (χ4n) is 3.51. The third-order valence-corrected chi connectivity index (χ3v) is 8.72. The molecule has 0 aromatic carbocycles. The van der Waals surface area contributed by atoms with Crippen LogP contribution in [0.25, 0.3) is 0 Å². The number of sulfone groups is 1. The maximum Gasteiger partial charge on any atom is 0.214 e. The Bertz CT molecular complexity index is 584. The maximum atomic E-state index is 12.0. The Hall–Kier alpha value is -0.180. The first kappa shape index (κ1) is 16.7. The third kappa shape index (κ3) is 4.43. The van der Waals surface area contributed by atoms with Crippen molar-refractivity contribution in [2.45, 2.75) is 49.8 Å². The summed E-state index contributed by atoms with van der Waals surface area (Å²) >= 11 is 0. The van der Waals surface area contributed by atoms with Crippen LogP contribution in [0.1, 0.15) is 38.5 Å². The number of sulfonamides is 1. The van der Waals surface area contributed by atoms with Gasteiger partial charge in [-0.15, -0.1) is 0 Å². The van der Waals surface area contributed by atoms with Crippen LogP contribution in [-0.4, -0.2) is 64.2 Å². The van der Waals surface area contributed by atoms with E-state index in [0.717, 1.165) is 58.2 Å². The van der Waals surface area contributed by atoms with Gasteiger partial charge in [-0.2, -0.15) is 0 Å². The first-order chi connectivity index (χ1) is 10.3. The SMILES string of the molecule is O=S1(=O)CCC(CN2CCCC(NS(=O)(=O)C3CC3)C2)CC1. The predicted octanol–water partition coefficient (Wildman–Crippen LogP) is 0.357. The molecule has 1 N–H and O–H groups in total. The van der Waals surface area contributed by atoms with Crippen molar-refractivity contribution in [2.24, 2.45) is 5.92 Å². The van der Waals surface area contributed by atoms with E-state index in [-0.39, 0.29) is 11.3 Å². The van der Waals surface area contributed by atoms with E-state index in [9.17, 15) is 16.8 Å². The average molecular weight is 351 g/mol. The zero-order chi connectivity index (χ0) is 15.8. The highest BCUT2D eigenvalue weighted by Gasteiger charge is 2.37. The first-order valence-electron chi connectivity index (χ1n) is 8.28. The molecule has 3 rings (SSSR count). The fourth-order valence-corrected chi connectivity index (χ4v) is 6.71. The van der Waals surface area contributed by atoms with E-state index < -0.39 is 19.9 Å². The van der Waals surface area contributed by atoms with Gasteiger partial charge in [0.2, 0.25) is 10.0 Å². The lowest BCUT2D eigenvalue weighted by atomic mass is 9.99. The molecule has 0 bridgehead atoms. The molecule has 0 aromatic heterocycles. The normalized spacial score (nSPS) is 31.2. The van der Waals surface area contributed by atoms with Gasteiger partial charge in [0.25, 0.3) is 0 Å². The average Bonchev–Trinajstić information content (AvgIpc) is 3.26. The van der Waals surface area contributed by atoms with Gasteiger partial charge < -0.3 is 4.90 Å². The van der Waals surface area contributed by atoms with Crippen LogP contribution in [0.4, 0.5) is 0 Å². The molecule has 0 spiro atoms. The lowest BCUT2D eigenvalue weighted by Gasteiger charge is -2.36. The molecule has 22 heavy (non-hydrogen) atoms. The van der Waals surface area contributed by atoms with Gasteiger partial charge in [0, 0.05) is 19.1 Å². The van der Waals surface area contributed by atoms with Crippen LogP contribution in [0.3, 0.4) is 0 Å². The van der Waals surface area contributed by atoms with Crippen molar-refractivity contribution in [3.63, 3.8) is 0 Å². The quantitative estimate of drug-likeness (QED) is 0.774. The molecule has 3 fully saturated rings. The first-order valence-corrected chi connectivity index (χ1v) is 11.6. The minimum atomic E-state index is -3.11. The van der Waals surface area contributed by atoms with Gasteiger partial charge >= 0.3 is 0 Å². The summed E-state index contributed by atoms with van der Waals surface area (Å²) in [7, 11) is -5.92. The standard InChI is InChI=1S/C14H26N2O4S2/c17-21(18)8-5-12(6-9-21)10-16-7-1-2-13(11-16)15-22(19,20)14-3-4-14/h12-15H,1-11H2. The van der Waals surface area contributed by atoms with Crippen molar-refractivity contribution < 1.29 is 16.8 Å². The van der Waals surface area contributed by atoms with E-state index in [1.165, 1.54) is 0 Å². The van der Waals surface area contributed by atoms with Crippen LogP contribution in [0.2, 0.25) is 0 Å². The number of hydrogen-bond donors (Lipinski definition) is 1. The molecule has 2 heterocycles. The molecule has 128 valence electrons. The van der Waals surface area contributed by atoms with Crippen LogP contribution >= 0.6 is 0 Å². The lowest BCUT2D eigenvalue weighted by molar-refractivity contribution is 0.169. The number of hydrogen-bond acceptors (Lipinski definition) is 5. The second kappa shape index (κ2) is 6.37. The second-order valence-corrected chi connectivity index (χ2v) is 11.4. The van der Waals surface area contributed by atoms with Crippen molar-refractivity contribution in [1.29, 1.82) is 0 Å². The van der Waals surface area contributed by atoms with Crippen LogP contribution in [0, 0.1) is 5.92 Å². The topological polar surface area (TPSA) is 83.6 Å². The molecule has 1 unspecified atom stereocenters. The molecule has 6 nitrogen and oxygen atoms in total. The monoisotopic (exact) mass is 350 g/mol. The van der Waals surface area contributed by atoms with E-state index in [1.54, 1.807) is 0 Å². The van der Waals surface area contributed by atoms with E-state index in [4.69, 9.17) is 0 Å². The number of rotatable bonds is 5. The molecular formula is C14H26N2O4S2. The van der Waals surface area contributed by atoms with E-state index in [0.29, 0.717) is 17.4 Å². The summed E-state index contributed by atoms with van der Waals surface area (Å²) in [6.45, 7) is 2.65. The van der Waals surface area contributed by atoms with Gasteiger partial charge in [0.15, 0.2) is 0 Å². The maximum absolute atomic E-state index is 12.0. The van der Waals surface area contributed by atoms with Crippen LogP contribution in [0.5, 0.6) is 0 Å². The van der Waals surface area contributed by atoms with Crippen molar-refractivity contribution in [2.75, 3.05) is 31.1 Å². The largest absolute Gasteiger partial charge is 0.301 e. The Balaban J connectivity index is 1.48. The number of piperidine rings is 1. The third-order valence-electron chi connectivity index (χ3n) is 4.99. The highest BCUT2D eigenvalue weighted by molar-refractivity contribution is 7.91. The Morgan fingerprint density at radius 2 is 1.73 bits per heavy atom. The van der Waals surface area contributed by atoms with E-state index in [1.807, 2.05) is 0 Å². The molecular weight excluding hydrogens is 324 g/mol. The van der Waals surface area contributed by atoms with E-state index in [2.05, 4.69) is 9.62 Å². The van der Waals surface area contributed by atoms with Crippen molar-refractivity contribution >= 4 is 19.9 Å². The van der Waals surface area contributed by atoms with Gasteiger partial charge in [0.05, 0.1) is 16.8 Å². The summed E-state index contributed by atoms with van der Waals surface area (Å²) in [6.07, 6.45) is 4.99. The predicted molar refractivity (Wildman–Crippen MR) is 85.9 cm³/mol. The summed E-state index contributed by atoms with van der Waals surface area (Å²) < 4.78 is 49.9. The van der Waals surface area contributed by atoms with Crippen LogP contribution in [-0.2, 0) is 19.9 Å². The fraction of sp³-hybridized carbons (Fsp3) is 1.00. The van der Waals surface area contributed by atoms with Crippen LogP contribution < -0.4 is 4.72 Å². The smallest absolute Gasteiger partial charge is 0.214 e.